The lowest BCUT2D eigenvalue weighted by Crippen LogP contribution is -2.33. The Kier molecular flexibility index (Phi) is 4.29. The van der Waals surface area contributed by atoms with Crippen LogP contribution in [0.3, 0.4) is 0 Å². The van der Waals surface area contributed by atoms with Crippen LogP contribution in [0.4, 0.5) is 20.2 Å². The highest BCUT2D eigenvalue weighted by Crippen LogP contribution is 2.27. The molecule has 0 saturated carbocycles. The van der Waals surface area contributed by atoms with Gasteiger partial charge in [0.25, 0.3) is 0 Å². The van der Waals surface area contributed by atoms with Crippen LogP contribution in [-0.2, 0) is 9.59 Å². The zero-order valence-electron chi connectivity index (χ0n) is 13.1. The van der Waals surface area contributed by atoms with Gasteiger partial charge >= 0.3 is 0 Å². The van der Waals surface area contributed by atoms with E-state index >= 15 is 0 Å². The van der Waals surface area contributed by atoms with Crippen LogP contribution < -0.4 is 10.2 Å². The minimum atomic E-state index is -0.805. The van der Waals surface area contributed by atoms with Crippen molar-refractivity contribution in [3.63, 3.8) is 0 Å². The van der Waals surface area contributed by atoms with Crippen molar-refractivity contribution in [1.29, 1.82) is 0 Å². The number of rotatable bonds is 3. The molecule has 3 rings (SSSR count). The van der Waals surface area contributed by atoms with E-state index in [1.165, 1.54) is 41.3 Å². The Bertz CT molecular complexity index is 790. The van der Waals surface area contributed by atoms with Gasteiger partial charge in [-0.2, -0.15) is 0 Å². The molecule has 0 bridgehead atoms. The third-order valence-corrected chi connectivity index (χ3v) is 4.09. The molecule has 1 unspecified atom stereocenters. The summed E-state index contributed by atoms with van der Waals surface area (Å²) in [7, 11) is 0. The molecule has 0 radical (unpaired) electrons. The van der Waals surface area contributed by atoms with Gasteiger partial charge in [0.05, 0.1) is 0 Å². The van der Waals surface area contributed by atoms with Gasteiger partial charge in [-0.05, 0) is 61.4 Å². The maximum Gasteiger partial charge on any atom is 0.239 e. The van der Waals surface area contributed by atoms with Gasteiger partial charge in [0.2, 0.25) is 11.8 Å². The maximum absolute atomic E-state index is 13.4. The van der Waals surface area contributed by atoms with Crippen molar-refractivity contribution in [2.75, 3.05) is 16.8 Å². The molecule has 6 heteroatoms. The van der Waals surface area contributed by atoms with Crippen molar-refractivity contribution in [3.05, 3.63) is 59.7 Å². The summed E-state index contributed by atoms with van der Waals surface area (Å²) in [5.41, 5.74) is 1.46. The van der Waals surface area contributed by atoms with E-state index in [2.05, 4.69) is 5.32 Å². The molecule has 24 heavy (non-hydrogen) atoms. The molecule has 2 aromatic carbocycles. The van der Waals surface area contributed by atoms with Crippen molar-refractivity contribution in [3.8, 4) is 0 Å². The number of halogens is 2. The molecule has 0 aromatic heterocycles. The van der Waals surface area contributed by atoms with Crippen molar-refractivity contribution in [2.45, 2.75) is 13.3 Å². The first-order valence-corrected chi connectivity index (χ1v) is 7.59. The molecular weight excluding hydrogens is 314 g/mol. The molecule has 4 nitrogen and oxygen atoms in total. The van der Waals surface area contributed by atoms with Crippen LogP contribution in [0.15, 0.2) is 42.5 Å². The third kappa shape index (κ3) is 3.13. The van der Waals surface area contributed by atoms with Gasteiger partial charge in [0.1, 0.15) is 17.6 Å². The number of carbonyl (C=O) groups excluding carboxylic acids is 2. The summed E-state index contributed by atoms with van der Waals surface area (Å²) in [5, 5.41) is 2.62. The average Bonchev–Trinajstić information content (AvgIpc) is 2.94. The molecule has 1 saturated heterocycles. The van der Waals surface area contributed by atoms with Crippen LogP contribution in [0.2, 0.25) is 0 Å². The van der Waals surface area contributed by atoms with Crippen LogP contribution in [-0.4, -0.2) is 18.4 Å². The molecule has 1 aliphatic rings. The molecule has 1 N–H and O–H groups in total. The number of aryl methyl sites for hydroxylation is 1. The summed E-state index contributed by atoms with van der Waals surface area (Å²) in [5.74, 6) is -2.28. The average molecular weight is 330 g/mol. The number of nitrogens with one attached hydrogen (secondary N) is 1. The van der Waals surface area contributed by atoms with E-state index in [0.29, 0.717) is 29.9 Å². The minimum Gasteiger partial charge on any atom is -0.325 e. The summed E-state index contributed by atoms with van der Waals surface area (Å²) < 4.78 is 26.3. The Morgan fingerprint density at radius 2 is 1.88 bits per heavy atom. The number of hydrogen-bond acceptors (Lipinski definition) is 2. The van der Waals surface area contributed by atoms with E-state index in [1.54, 1.807) is 13.0 Å². The standard InChI is InChI=1S/C18H16F2N2O2/c1-11-10-14(6-7-16(11)20)22-9-8-15(18(22)24)17(23)21-13-4-2-12(19)3-5-13/h2-7,10,15H,8-9H2,1H3,(H,21,23). The van der Waals surface area contributed by atoms with Gasteiger partial charge in [-0.25, -0.2) is 8.78 Å². The Morgan fingerprint density at radius 3 is 2.54 bits per heavy atom. The molecule has 124 valence electrons. The number of hydrogen-bond donors (Lipinski definition) is 1. The Morgan fingerprint density at radius 1 is 1.17 bits per heavy atom. The predicted molar refractivity (Wildman–Crippen MR) is 86.6 cm³/mol. The molecular formula is C18H16F2N2O2. The first-order chi connectivity index (χ1) is 11.5. The van der Waals surface area contributed by atoms with Crippen molar-refractivity contribution in [2.24, 2.45) is 5.92 Å². The molecule has 2 aromatic rings. The van der Waals surface area contributed by atoms with Crippen LogP contribution in [0.1, 0.15) is 12.0 Å². The summed E-state index contributed by atoms with van der Waals surface area (Å²) in [6.07, 6.45) is 0.377. The zero-order valence-corrected chi connectivity index (χ0v) is 13.1. The van der Waals surface area contributed by atoms with E-state index in [-0.39, 0.29) is 11.7 Å². The normalized spacial score (nSPS) is 17.2. The number of amides is 2. The Hall–Kier alpha value is -2.76. The summed E-state index contributed by atoms with van der Waals surface area (Å²) in [6, 6.07) is 9.78. The minimum absolute atomic E-state index is 0.319. The summed E-state index contributed by atoms with van der Waals surface area (Å²) >= 11 is 0. The van der Waals surface area contributed by atoms with Crippen molar-refractivity contribution in [1.82, 2.24) is 0 Å². The monoisotopic (exact) mass is 330 g/mol. The first-order valence-electron chi connectivity index (χ1n) is 7.59. The predicted octanol–water partition coefficient (Wildman–Crippen LogP) is 3.26. The van der Waals surface area contributed by atoms with Gasteiger partial charge < -0.3 is 10.2 Å². The molecule has 2 amide bonds. The zero-order chi connectivity index (χ0) is 17.3. The molecule has 1 fully saturated rings. The smallest absolute Gasteiger partial charge is 0.239 e. The second-order valence-electron chi connectivity index (χ2n) is 5.76. The van der Waals surface area contributed by atoms with E-state index in [0.717, 1.165) is 0 Å². The summed E-state index contributed by atoms with van der Waals surface area (Å²) in [4.78, 5) is 26.3. The highest BCUT2D eigenvalue weighted by Gasteiger charge is 2.37. The molecule has 1 aliphatic heterocycles. The van der Waals surface area contributed by atoms with Crippen LogP contribution >= 0.6 is 0 Å². The fraction of sp³-hybridized carbons (Fsp3) is 0.222. The van der Waals surface area contributed by atoms with Gasteiger partial charge in [0.15, 0.2) is 0 Å². The molecule has 0 spiro atoms. The number of anilines is 2. The van der Waals surface area contributed by atoms with Crippen LogP contribution in [0.25, 0.3) is 0 Å². The van der Waals surface area contributed by atoms with Gasteiger partial charge in [-0.1, -0.05) is 0 Å². The number of nitrogens with zero attached hydrogens (tertiary/aromatic N) is 1. The second kappa shape index (κ2) is 6.39. The second-order valence-corrected chi connectivity index (χ2v) is 5.76. The number of carbonyl (C=O) groups is 2. The highest BCUT2D eigenvalue weighted by atomic mass is 19.1. The lowest BCUT2D eigenvalue weighted by molar-refractivity contribution is -0.129. The lowest BCUT2D eigenvalue weighted by Gasteiger charge is -2.17. The Labute approximate surface area is 138 Å². The highest BCUT2D eigenvalue weighted by molar-refractivity contribution is 6.13. The lowest BCUT2D eigenvalue weighted by atomic mass is 10.1. The van der Waals surface area contributed by atoms with Crippen molar-refractivity contribution >= 4 is 23.2 Å². The fourth-order valence-electron chi connectivity index (χ4n) is 2.74. The van der Waals surface area contributed by atoms with Gasteiger partial charge in [0, 0.05) is 17.9 Å². The van der Waals surface area contributed by atoms with Gasteiger partial charge in [-0.15, -0.1) is 0 Å². The molecule has 1 atom stereocenters. The van der Waals surface area contributed by atoms with Crippen LogP contribution in [0, 0.1) is 24.5 Å². The topological polar surface area (TPSA) is 49.4 Å². The maximum atomic E-state index is 13.4. The van der Waals surface area contributed by atoms with Crippen LogP contribution in [0.5, 0.6) is 0 Å². The SMILES string of the molecule is Cc1cc(N2CCC(C(=O)Nc3ccc(F)cc3)C2=O)ccc1F. The quantitative estimate of drug-likeness (QED) is 0.878. The summed E-state index contributed by atoms with van der Waals surface area (Å²) in [6.45, 7) is 2.02. The first kappa shape index (κ1) is 16.1. The van der Waals surface area contributed by atoms with E-state index < -0.39 is 17.6 Å². The van der Waals surface area contributed by atoms with Crippen molar-refractivity contribution < 1.29 is 18.4 Å². The molecule has 1 heterocycles. The molecule has 0 aliphatic carbocycles. The Balaban J connectivity index is 1.72. The third-order valence-electron chi connectivity index (χ3n) is 4.09. The largest absolute Gasteiger partial charge is 0.325 e. The van der Waals surface area contributed by atoms with E-state index in [4.69, 9.17) is 0 Å². The van der Waals surface area contributed by atoms with E-state index in [9.17, 15) is 18.4 Å². The number of benzene rings is 2. The fourth-order valence-corrected chi connectivity index (χ4v) is 2.74. The van der Waals surface area contributed by atoms with E-state index in [1.807, 2.05) is 0 Å². The van der Waals surface area contributed by atoms with Gasteiger partial charge in [-0.3, -0.25) is 9.59 Å².